The van der Waals surface area contributed by atoms with Crippen LogP contribution in [0.3, 0.4) is 0 Å². The van der Waals surface area contributed by atoms with Crippen LogP contribution in [0.2, 0.25) is 0 Å². The highest BCUT2D eigenvalue weighted by molar-refractivity contribution is 6.23. The Balaban J connectivity index is 1.38. The predicted octanol–water partition coefficient (Wildman–Crippen LogP) is 4.25. The van der Waals surface area contributed by atoms with Crippen molar-refractivity contribution in [3.05, 3.63) is 77.4 Å². The number of carbonyl (C=O) groups is 3. The molecule has 2 aromatic carbocycles. The van der Waals surface area contributed by atoms with E-state index in [2.05, 4.69) is 6.08 Å². The number of rotatable bonds is 4. The van der Waals surface area contributed by atoms with Crippen molar-refractivity contribution in [1.29, 1.82) is 0 Å². The quantitative estimate of drug-likeness (QED) is 0.693. The first-order chi connectivity index (χ1) is 15.0. The second kappa shape index (κ2) is 8.76. The predicted molar refractivity (Wildman–Crippen MR) is 115 cm³/mol. The summed E-state index contributed by atoms with van der Waals surface area (Å²) in [4.78, 5) is 38.5. The van der Waals surface area contributed by atoms with Crippen molar-refractivity contribution in [2.75, 3.05) is 20.2 Å². The Morgan fingerprint density at radius 1 is 1.00 bits per heavy atom. The summed E-state index contributed by atoms with van der Waals surface area (Å²) in [6.07, 6.45) is 3.65. The number of carbonyl (C=O) groups excluding carboxylic acids is 3. The molecule has 0 atom stereocenters. The number of allylic oxidation sites excluding steroid dienone is 2. The van der Waals surface area contributed by atoms with Crippen LogP contribution >= 0.6 is 0 Å². The molecular formula is C25H25NO5. The minimum atomic E-state index is -0.402. The van der Waals surface area contributed by atoms with Crippen LogP contribution in [0.1, 0.15) is 40.7 Å². The first-order valence-electron chi connectivity index (χ1n) is 10.4. The smallest absolute Gasteiger partial charge is 0.410 e. The normalized spacial score (nSPS) is 17.4. The number of likely N-dealkylation sites (tertiary alicyclic amines) is 1. The van der Waals surface area contributed by atoms with Gasteiger partial charge in [-0.05, 0) is 41.5 Å². The summed E-state index contributed by atoms with van der Waals surface area (Å²) in [5.41, 5.74) is 2.69. The molecule has 2 aliphatic rings. The zero-order chi connectivity index (χ0) is 21.8. The highest BCUT2D eigenvalue weighted by Crippen LogP contribution is 2.45. The van der Waals surface area contributed by atoms with E-state index in [1.165, 1.54) is 7.11 Å². The molecule has 1 saturated heterocycles. The lowest BCUT2D eigenvalue weighted by atomic mass is 9.78. The van der Waals surface area contributed by atoms with Gasteiger partial charge in [-0.25, -0.2) is 9.59 Å². The Bertz CT molecular complexity index is 1000. The number of ketones is 1. The molecule has 6 nitrogen and oxygen atoms in total. The highest BCUT2D eigenvalue weighted by Gasteiger charge is 2.41. The first kappa shape index (κ1) is 20.8. The van der Waals surface area contributed by atoms with Gasteiger partial charge < -0.3 is 14.4 Å². The molecule has 0 saturated carbocycles. The summed E-state index contributed by atoms with van der Waals surface area (Å²) in [6.45, 7) is 1.38. The molecule has 4 rings (SSSR count). The highest BCUT2D eigenvalue weighted by atomic mass is 16.6. The molecule has 0 bridgehead atoms. The molecule has 31 heavy (non-hydrogen) atoms. The van der Waals surface area contributed by atoms with Crippen molar-refractivity contribution in [2.24, 2.45) is 5.41 Å². The number of Topliss-reactive ketones (excluding diaryl/α,β-unsaturated/α-hetero) is 1. The van der Waals surface area contributed by atoms with Crippen molar-refractivity contribution in [3.63, 3.8) is 0 Å². The molecule has 1 amide bonds. The molecule has 1 aliphatic heterocycles. The number of piperidine rings is 1. The number of nitrogens with zero attached hydrogens (tertiary/aromatic N) is 1. The van der Waals surface area contributed by atoms with Crippen molar-refractivity contribution in [2.45, 2.75) is 25.9 Å². The van der Waals surface area contributed by atoms with Crippen LogP contribution in [0.4, 0.5) is 4.79 Å². The maximum atomic E-state index is 12.7. The van der Waals surface area contributed by atoms with Crippen LogP contribution in [0.5, 0.6) is 0 Å². The van der Waals surface area contributed by atoms with Crippen LogP contribution in [0.25, 0.3) is 5.57 Å². The Kier molecular flexibility index (Phi) is 5.89. The summed E-state index contributed by atoms with van der Waals surface area (Å²) >= 11 is 0. The Morgan fingerprint density at radius 3 is 2.32 bits per heavy atom. The second-order valence-electron chi connectivity index (χ2n) is 8.12. The van der Waals surface area contributed by atoms with Gasteiger partial charge in [0.05, 0.1) is 12.7 Å². The molecule has 1 heterocycles. The first-order valence-corrected chi connectivity index (χ1v) is 10.4. The van der Waals surface area contributed by atoms with E-state index >= 15 is 0 Å². The van der Waals surface area contributed by atoms with Crippen LogP contribution in [-0.2, 0) is 20.9 Å². The maximum Gasteiger partial charge on any atom is 0.410 e. The topological polar surface area (TPSA) is 72.9 Å². The molecule has 160 valence electrons. The van der Waals surface area contributed by atoms with Crippen molar-refractivity contribution >= 4 is 23.4 Å². The van der Waals surface area contributed by atoms with Crippen LogP contribution in [0.15, 0.2) is 60.7 Å². The van der Waals surface area contributed by atoms with Crippen molar-refractivity contribution in [1.82, 2.24) is 4.90 Å². The molecule has 1 spiro atoms. The fraction of sp³-hybridized carbons (Fsp3) is 0.320. The van der Waals surface area contributed by atoms with Crippen molar-refractivity contribution in [3.8, 4) is 0 Å². The van der Waals surface area contributed by atoms with E-state index in [0.29, 0.717) is 30.6 Å². The molecular weight excluding hydrogens is 394 g/mol. The monoisotopic (exact) mass is 419 g/mol. The van der Waals surface area contributed by atoms with E-state index in [0.717, 1.165) is 24.0 Å². The Labute approximate surface area is 181 Å². The number of esters is 1. The molecule has 0 aromatic heterocycles. The number of ether oxygens (including phenoxy) is 2. The lowest BCUT2D eigenvalue weighted by Gasteiger charge is -2.37. The lowest BCUT2D eigenvalue weighted by molar-refractivity contribution is -0.114. The van der Waals surface area contributed by atoms with Gasteiger partial charge in [-0.15, -0.1) is 0 Å². The standard InChI is InChI=1S/C25H25NO5/c1-30-23(28)20-9-7-19(8-10-20)21-15-25(16-22(21)27)11-13-26(14-12-25)24(29)31-17-18-5-3-2-4-6-18/h2-10,15H,11-14,16-17H2,1H3. The van der Waals surface area contributed by atoms with E-state index in [4.69, 9.17) is 9.47 Å². The number of methoxy groups -OCH3 is 1. The van der Waals surface area contributed by atoms with Crippen LogP contribution in [-0.4, -0.2) is 42.9 Å². The van der Waals surface area contributed by atoms with E-state index < -0.39 is 5.97 Å². The zero-order valence-corrected chi connectivity index (χ0v) is 17.5. The number of amides is 1. The average Bonchev–Trinajstić information content (AvgIpc) is 3.13. The lowest BCUT2D eigenvalue weighted by Crippen LogP contribution is -2.42. The molecule has 1 aliphatic carbocycles. The van der Waals surface area contributed by atoms with Gasteiger partial charge >= 0.3 is 12.1 Å². The van der Waals surface area contributed by atoms with Gasteiger partial charge in [0.25, 0.3) is 0 Å². The van der Waals surface area contributed by atoms with Gasteiger partial charge in [-0.2, -0.15) is 0 Å². The number of hydrogen-bond acceptors (Lipinski definition) is 5. The molecule has 0 unspecified atom stereocenters. The molecule has 0 radical (unpaired) electrons. The summed E-state index contributed by atoms with van der Waals surface area (Å²) in [7, 11) is 1.34. The SMILES string of the molecule is COC(=O)c1ccc(C2=CC3(CCN(C(=O)OCc4ccccc4)CC3)CC2=O)cc1. The Morgan fingerprint density at radius 2 is 1.68 bits per heavy atom. The third kappa shape index (κ3) is 4.53. The third-order valence-electron chi connectivity index (χ3n) is 6.10. The Hall–Kier alpha value is -3.41. The number of benzene rings is 2. The largest absolute Gasteiger partial charge is 0.465 e. The minimum absolute atomic E-state index is 0.103. The van der Waals surface area contributed by atoms with E-state index in [1.54, 1.807) is 29.2 Å². The van der Waals surface area contributed by atoms with Gasteiger partial charge in [-0.1, -0.05) is 48.5 Å². The minimum Gasteiger partial charge on any atom is -0.465 e. The second-order valence-corrected chi connectivity index (χ2v) is 8.12. The van der Waals surface area contributed by atoms with Gasteiger partial charge in [0, 0.05) is 25.1 Å². The van der Waals surface area contributed by atoms with E-state index in [-0.39, 0.29) is 23.9 Å². The van der Waals surface area contributed by atoms with Gasteiger partial charge in [-0.3, -0.25) is 4.79 Å². The number of hydrogen-bond donors (Lipinski definition) is 0. The molecule has 0 N–H and O–H groups in total. The van der Waals surface area contributed by atoms with E-state index in [1.807, 2.05) is 30.3 Å². The fourth-order valence-electron chi connectivity index (χ4n) is 4.27. The molecule has 2 aromatic rings. The third-order valence-corrected chi connectivity index (χ3v) is 6.10. The summed E-state index contributed by atoms with van der Waals surface area (Å²) in [5, 5.41) is 0. The molecule has 6 heteroatoms. The van der Waals surface area contributed by atoms with Gasteiger partial charge in [0.1, 0.15) is 6.61 Å². The average molecular weight is 419 g/mol. The summed E-state index contributed by atoms with van der Waals surface area (Å²) in [5.74, 6) is -0.299. The van der Waals surface area contributed by atoms with Crippen molar-refractivity contribution < 1.29 is 23.9 Å². The fourth-order valence-corrected chi connectivity index (χ4v) is 4.27. The summed E-state index contributed by atoms with van der Waals surface area (Å²) < 4.78 is 10.2. The van der Waals surface area contributed by atoms with Gasteiger partial charge in [0.15, 0.2) is 5.78 Å². The van der Waals surface area contributed by atoms with Crippen LogP contribution in [0, 0.1) is 5.41 Å². The maximum absolute atomic E-state index is 12.7. The molecule has 1 fully saturated rings. The zero-order valence-electron chi connectivity index (χ0n) is 17.5. The van der Waals surface area contributed by atoms with E-state index in [9.17, 15) is 14.4 Å². The summed E-state index contributed by atoms with van der Waals surface area (Å²) in [6, 6.07) is 16.5. The van der Waals surface area contributed by atoms with Crippen LogP contribution < -0.4 is 0 Å². The van der Waals surface area contributed by atoms with Gasteiger partial charge in [0.2, 0.25) is 0 Å².